The van der Waals surface area contributed by atoms with Gasteiger partial charge in [0.25, 0.3) is 0 Å². The van der Waals surface area contributed by atoms with Gasteiger partial charge in [-0.15, -0.1) is 0 Å². The minimum Gasteiger partial charge on any atom is -0.490 e. The fraction of sp³-hybridized carbons (Fsp3) is 0.519. The number of aromatic nitrogens is 2. The van der Waals surface area contributed by atoms with Crippen molar-refractivity contribution in [1.29, 1.82) is 0 Å². The average Bonchev–Trinajstić information content (AvgIpc) is 3.50. The van der Waals surface area contributed by atoms with Crippen LogP contribution < -0.4 is 14.8 Å². The largest absolute Gasteiger partial charge is 0.490 e. The number of fused-ring (bicyclic) bond motifs is 1. The van der Waals surface area contributed by atoms with Gasteiger partial charge in [-0.1, -0.05) is 31.5 Å². The molecular formula is C27H37N3O5. The highest BCUT2D eigenvalue weighted by atomic mass is 16.5. The van der Waals surface area contributed by atoms with Gasteiger partial charge in [-0.3, -0.25) is 4.57 Å². The smallest absolute Gasteiger partial charge is 0.206 e. The summed E-state index contributed by atoms with van der Waals surface area (Å²) in [6, 6.07) is 14.0. The van der Waals surface area contributed by atoms with Gasteiger partial charge in [-0.25, -0.2) is 4.98 Å². The van der Waals surface area contributed by atoms with Crippen molar-refractivity contribution in [2.45, 2.75) is 64.3 Å². The first-order chi connectivity index (χ1) is 17.2. The Hall–Kier alpha value is -2.81. The Kier molecular flexibility index (Phi) is 9.22. The van der Waals surface area contributed by atoms with Gasteiger partial charge in [0.1, 0.15) is 6.23 Å². The topological polar surface area (TPSA) is 98.0 Å². The molecule has 1 aliphatic rings. The second kappa shape index (κ2) is 12.8. The molecule has 4 rings (SSSR count). The number of imidazole rings is 1. The van der Waals surface area contributed by atoms with Crippen molar-refractivity contribution in [3.63, 3.8) is 0 Å². The number of unbranched alkanes of at least 4 members (excludes halogenated alkanes) is 2. The first-order valence-corrected chi connectivity index (χ1v) is 12.7. The lowest BCUT2D eigenvalue weighted by molar-refractivity contribution is -0.0195. The molecule has 8 heteroatoms. The molecule has 35 heavy (non-hydrogen) atoms. The van der Waals surface area contributed by atoms with Crippen LogP contribution in [0.25, 0.3) is 11.0 Å². The van der Waals surface area contributed by atoms with Crippen LogP contribution in [0.4, 0.5) is 5.95 Å². The number of benzene rings is 2. The molecule has 190 valence electrons. The molecule has 0 amide bonds. The Balaban J connectivity index is 1.51. The van der Waals surface area contributed by atoms with Gasteiger partial charge in [0.2, 0.25) is 5.95 Å². The van der Waals surface area contributed by atoms with Crippen LogP contribution in [0.3, 0.4) is 0 Å². The van der Waals surface area contributed by atoms with Gasteiger partial charge < -0.3 is 29.7 Å². The number of nitrogens with one attached hydrogen (secondary N) is 1. The molecule has 1 fully saturated rings. The second-order valence-electron chi connectivity index (χ2n) is 8.88. The van der Waals surface area contributed by atoms with Crippen molar-refractivity contribution >= 4 is 17.0 Å². The van der Waals surface area contributed by atoms with E-state index in [-0.39, 0.29) is 25.5 Å². The zero-order chi connectivity index (χ0) is 24.5. The van der Waals surface area contributed by atoms with E-state index in [9.17, 15) is 5.11 Å². The monoisotopic (exact) mass is 483 g/mol. The van der Waals surface area contributed by atoms with E-state index in [4.69, 9.17) is 24.3 Å². The van der Waals surface area contributed by atoms with Crippen molar-refractivity contribution in [3.8, 4) is 11.5 Å². The molecular weight excluding hydrogens is 446 g/mol. The fourth-order valence-electron chi connectivity index (χ4n) is 4.27. The summed E-state index contributed by atoms with van der Waals surface area (Å²) in [5, 5.41) is 22.1. The molecule has 2 aromatic carbocycles. The van der Waals surface area contributed by atoms with Gasteiger partial charge in [-0.2, -0.15) is 0 Å². The quantitative estimate of drug-likeness (QED) is 0.287. The Morgan fingerprint density at radius 2 is 1.86 bits per heavy atom. The Morgan fingerprint density at radius 1 is 1.03 bits per heavy atom. The molecule has 0 radical (unpaired) electrons. The molecule has 3 aromatic rings. The summed E-state index contributed by atoms with van der Waals surface area (Å²) in [5.41, 5.74) is 2.95. The highest BCUT2D eigenvalue weighted by molar-refractivity contribution is 5.78. The summed E-state index contributed by atoms with van der Waals surface area (Å²) in [6.45, 7) is 4.07. The summed E-state index contributed by atoms with van der Waals surface area (Å²) in [7, 11) is 0. The molecule has 8 nitrogen and oxygen atoms in total. The van der Waals surface area contributed by atoms with E-state index >= 15 is 0 Å². The van der Waals surface area contributed by atoms with Gasteiger partial charge in [-0.05, 0) is 61.9 Å². The number of nitrogens with zero attached hydrogens (tertiary/aromatic N) is 2. The lowest BCUT2D eigenvalue weighted by Gasteiger charge is -2.18. The van der Waals surface area contributed by atoms with Gasteiger partial charge >= 0.3 is 0 Å². The number of hydrogen-bond donors (Lipinski definition) is 3. The third kappa shape index (κ3) is 6.45. The van der Waals surface area contributed by atoms with E-state index < -0.39 is 0 Å². The molecule has 0 bridgehead atoms. The zero-order valence-corrected chi connectivity index (χ0v) is 20.5. The molecule has 2 atom stereocenters. The predicted octanol–water partition coefficient (Wildman–Crippen LogP) is 4.65. The lowest BCUT2D eigenvalue weighted by atomic mass is 10.2. The number of rotatable bonds is 14. The SMILES string of the molecule is CCCCOc1ccc(CNc2nc3ccccc3n2[C@H]2CC[C@@H](CO)O2)cc1OCCCCO. The zero-order valence-electron chi connectivity index (χ0n) is 20.5. The van der Waals surface area contributed by atoms with E-state index in [0.717, 1.165) is 66.1 Å². The Bertz CT molecular complexity index is 1070. The molecule has 2 heterocycles. The minimum atomic E-state index is -0.165. The summed E-state index contributed by atoms with van der Waals surface area (Å²) < 4.78 is 20.1. The van der Waals surface area contributed by atoms with Crippen molar-refractivity contribution in [2.75, 3.05) is 31.7 Å². The maximum atomic E-state index is 9.52. The maximum absolute atomic E-state index is 9.52. The third-order valence-electron chi connectivity index (χ3n) is 6.20. The summed E-state index contributed by atoms with van der Waals surface area (Å²) in [5.74, 6) is 2.20. The molecule has 0 aliphatic carbocycles. The van der Waals surface area contributed by atoms with Crippen molar-refractivity contribution < 1.29 is 24.4 Å². The molecule has 1 aromatic heterocycles. The Labute approximate surface area is 206 Å². The van der Waals surface area contributed by atoms with E-state index in [0.29, 0.717) is 26.2 Å². The normalized spacial score (nSPS) is 17.7. The maximum Gasteiger partial charge on any atom is 0.206 e. The van der Waals surface area contributed by atoms with Crippen molar-refractivity contribution in [2.24, 2.45) is 0 Å². The molecule has 3 N–H and O–H groups in total. The van der Waals surface area contributed by atoms with E-state index in [2.05, 4.69) is 16.8 Å². The number of anilines is 1. The highest BCUT2D eigenvalue weighted by Gasteiger charge is 2.29. The van der Waals surface area contributed by atoms with Crippen LogP contribution in [0, 0.1) is 0 Å². The van der Waals surface area contributed by atoms with Gasteiger partial charge in [0.05, 0.1) is 37.0 Å². The van der Waals surface area contributed by atoms with E-state index in [1.54, 1.807) is 0 Å². The van der Waals surface area contributed by atoms with Crippen LogP contribution in [0.5, 0.6) is 11.5 Å². The average molecular weight is 484 g/mol. The first-order valence-electron chi connectivity index (χ1n) is 12.7. The van der Waals surface area contributed by atoms with Crippen LogP contribution in [0.1, 0.15) is 57.2 Å². The Morgan fingerprint density at radius 3 is 2.66 bits per heavy atom. The summed E-state index contributed by atoms with van der Waals surface area (Å²) in [4.78, 5) is 4.81. The number of aliphatic hydroxyl groups is 2. The van der Waals surface area contributed by atoms with Crippen LogP contribution in [0.15, 0.2) is 42.5 Å². The first kappa shape index (κ1) is 25.3. The fourth-order valence-corrected chi connectivity index (χ4v) is 4.27. The predicted molar refractivity (Wildman–Crippen MR) is 136 cm³/mol. The van der Waals surface area contributed by atoms with E-state index in [1.807, 2.05) is 42.5 Å². The number of para-hydroxylation sites is 2. The second-order valence-corrected chi connectivity index (χ2v) is 8.88. The minimum absolute atomic E-state index is 0.0274. The highest BCUT2D eigenvalue weighted by Crippen LogP contribution is 2.35. The number of ether oxygens (including phenoxy) is 3. The van der Waals surface area contributed by atoms with Crippen LogP contribution in [0.2, 0.25) is 0 Å². The van der Waals surface area contributed by atoms with Crippen LogP contribution in [-0.2, 0) is 11.3 Å². The molecule has 0 saturated carbocycles. The third-order valence-corrected chi connectivity index (χ3v) is 6.20. The van der Waals surface area contributed by atoms with Crippen LogP contribution in [-0.4, -0.2) is 52.3 Å². The molecule has 0 spiro atoms. The van der Waals surface area contributed by atoms with Crippen molar-refractivity contribution in [1.82, 2.24) is 9.55 Å². The summed E-state index contributed by atoms with van der Waals surface area (Å²) >= 11 is 0. The van der Waals surface area contributed by atoms with Crippen molar-refractivity contribution in [3.05, 3.63) is 48.0 Å². The van der Waals surface area contributed by atoms with Gasteiger partial charge in [0, 0.05) is 13.2 Å². The lowest BCUT2D eigenvalue weighted by Crippen LogP contribution is -2.16. The van der Waals surface area contributed by atoms with E-state index in [1.165, 1.54) is 0 Å². The van der Waals surface area contributed by atoms with Crippen LogP contribution >= 0.6 is 0 Å². The number of aliphatic hydroxyl groups excluding tert-OH is 2. The molecule has 0 unspecified atom stereocenters. The molecule has 1 aliphatic heterocycles. The molecule has 1 saturated heterocycles. The standard InChI is InChI=1S/C27H37N3O5/c1-2-3-15-33-24-12-10-20(17-25(24)34-16-7-6-14-31)18-28-27-29-22-8-4-5-9-23(22)30(27)26-13-11-21(19-32)35-26/h4-5,8-10,12,17,21,26,31-32H,2-3,6-7,11,13-16,18-19H2,1H3,(H,28,29)/t21-,26+/m0/s1. The summed E-state index contributed by atoms with van der Waals surface area (Å²) in [6.07, 6.45) is 4.90. The number of hydrogen-bond acceptors (Lipinski definition) is 7. The van der Waals surface area contributed by atoms with Gasteiger partial charge in [0.15, 0.2) is 11.5 Å².